The fourth-order valence-corrected chi connectivity index (χ4v) is 4.00. The van der Waals surface area contributed by atoms with Crippen LogP contribution in [0.5, 0.6) is 5.75 Å². The lowest BCUT2D eigenvalue weighted by atomic mass is 10.1. The average molecular weight is 368 g/mol. The van der Waals surface area contributed by atoms with Crippen LogP contribution < -0.4 is 15.2 Å². The Morgan fingerprint density at radius 3 is 2.75 bits per heavy atom. The fraction of sp³-hybridized carbons (Fsp3) is 0.267. The Kier molecular flexibility index (Phi) is 4.68. The van der Waals surface area contributed by atoms with Crippen LogP contribution in [0.15, 0.2) is 41.1 Å². The van der Waals surface area contributed by atoms with Crippen molar-refractivity contribution in [1.82, 2.24) is 10.2 Å². The number of benzene rings is 1. The van der Waals surface area contributed by atoms with E-state index >= 15 is 0 Å². The first-order valence-electron chi connectivity index (χ1n) is 7.01. The van der Waals surface area contributed by atoms with Crippen molar-refractivity contribution in [2.45, 2.75) is 11.4 Å². The molecule has 7 nitrogen and oxygen atoms in total. The van der Waals surface area contributed by atoms with Gasteiger partial charge in [0, 0.05) is 5.75 Å². The number of carbonyl (C=O) groups is 3. The number of nitrogens with one attached hydrogen (secondary N) is 1. The minimum Gasteiger partial charge on any atom is -0.543 e. The van der Waals surface area contributed by atoms with E-state index in [1.165, 1.54) is 11.8 Å². The van der Waals surface area contributed by atoms with Gasteiger partial charge in [-0.25, -0.2) is 0 Å². The van der Waals surface area contributed by atoms with Gasteiger partial charge in [-0.15, -0.1) is 11.8 Å². The third kappa shape index (κ3) is 3.07. The molecule has 1 fully saturated rings. The second-order valence-corrected chi connectivity index (χ2v) is 6.66. The molecule has 0 spiro atoms. The van der Waals surface area contributed by atoms with E-state index in [-0.39, 0.29) is 23.1 Å². The first kappa shape index (κ1) is 16.7. The molecule has 0 radical (unpaired) electrons. The molecule has 1 aromatic rings. The molecule has 2 aliphatic rings. The minimum absolute atomic E-state index is 0.0572. The summed E-state index contributed by atoms with van der Waals surface area (Å²) in [6, 6.07) is 7.98. The molecule has 0 unspecified atom stereocenters. The van der Waals surface area contributed by atoms with Gasteiger partial charge in [0.15, 0.2) is 6.61 Å². The summed E-state index contributed by atoms with van der Waals surface area (Å²) in [6.07, 6.45) is 0. The molecule has 2 atom stereocenters. The first-order chi connectivity index (χ1) is 11.5. The van der Waals surface area contributed by atoms with Gasteiger partial charge in [-0.3, -0.25) is 14.5 Å². The highest BCUT2D eigenvalue weighted by Gasteiger charge is 2.52. The largest absolute Gasteiger partial charge is 0.543 e. The Balaban J connectivity index is 1.59. The van der Waals surface area contributed by atoms with E-state index in [1.54, 1.807) is 24.3 Å². The van der Waals surface area contributed by atoms with Crippen molar-refractivity contribution in [2.75, 3.05) is 12.4 Å². The zero-order valence-corrected chi connectivity index (χ0v) is 13.8. The summed E-state index contributed by atoms with van der Waals surface area (Å²) in [5.74, 6) is -1.72. The monoisotopic (exact) mass is 367 g/mol. The molecule has 1 saturated heterocycles. The Labute approximate surface area is 146 Å². The van der Waals surface area contributed by atoms with Gasteiger partial charge >= 0.3 is 0 Å². The molecule has 0 aliphatic carbocycles. The molecule has 2 heterocycles. The maximum absolute atomic E-state index is 12.1. The zero-order valence-electron chi connectivity index (χ0n) is 12.2. The number of aliphatic carboxylic acids is 1. The van der Waals surface area contributed by atoms with Crippen molar-refractivity contribution in [3.05, 3.63) is 41.1 Å². The van der Waals surface area contributed by atoms with Crippen molar-refractivity contribution < 1.29 is 24.2 Å². The molecule has 2 aliphatic heterocycles. The number of amides is 2. The lowest BCUT2D eigenvalue weighted by Gasteiger charge is -2.50. The summed E-state index contributed by atoms with van der Waals surface area (Å²) in [6.45, 7) is -0.241. The quantitative estimate of drug-likeness (QED) is 0.715. The predicted molar refractivity (Wildman–Crippen MR) is 84.8 cm³/mol. The maximum Gasteiger partial charge on any atom is 0.258 e. The van der Waals surface area contributed by atoms with Crippen LogP contribution in [-0.2, 0) is 14.4 Å². The minimum atomic E-state index is -1.50. The number of rotatable bonds is 5. The fourth-order valence-electron chi connectivity index (χ4n) is 2.45. The van der Waals surface area contributed by atoms with Crippen molar-refractivity contribution in [3.8, 4) is 5.75 Å². The van der Waals surface area contributed by atoms with Crippen LogP contribution in [-0.4, -0.2) is 46.5 Å². The summed E-state index contributed by atoms with van der Waals surface area (Å²) in [7, 11) is 0. The number of fused-ring (bicyclic) bond motifs is 1. The van der Waals surface area contributed by atoms with Crippen molar-refractivity contribution in [2.24, 2.45) is 0 Å². The van der Waals surface area contributed by atoms with Gasteiger partial charge in [0.05, 0.1) is 16.7 Å². The summed E-state index contributed by atoms with van der Waals surface area (Å²) in [5.41, 5.74) is -0.323. The molecule has 0 saturated carbocycles. The van der Waals surface area contributed by atoms with E-state index in [0.717, 1.165) is 4.90 Å². The zero-order chi connectivity index (χ0) is 17.3. The van der Waals surface area contributed by atoms with Gasteiger partial charge in [0.2, 0.25) is 0 Å². The number of para-hydroxylation sites is 1. The predicted octanol–water partition coefficient (Wildman–Crippen LogP) is -0.334. The summed E-state index contributed by atoms with van der Waals surface area (Å²) >= 11 is 7.12. The molecule has 1 N–H and O–H groups in total. The number of halogens is 1. The molecule has 0 aromatic heterocycles. The van der Waals surface area contributed by atoms with E-state index in [4.69, 9.17) is 16.3 Å². The number of ether oxygens (including phenoxy) is 1. The lowest BCUT2D eigenvalue weighted by Crippen LogP contribution is -2.71. The van der Waals surface area contributed by atoms with Crippen LogP contribution in [0.25, 0.3) is 0 Å². The Bertz CT molecular complexity index is 724. The first-order valence-corrected chi connectivity index (χ1v) is 8.43. The van der Waals surface area contributed by atoms with E-state index in [2.05, 4.69) is 5.32 Å². The van der Waals surface area contributed by atoms with Gasteiger partial charge in [-0.1, -0.05) is 29.8 Å². The van der Waals surface area contributed by atoms with Gasteiger partial charge in [-0.2, -0.15) is 0 Å². The lowest BCUT2D eigenvalue weighted by molar-refractivity contribution is -0.301. The molecular formula is C15H12ClN2O5S-. The van der Waals surface area contributed by atoms with Gasteiger partial charge < -0.3 is 20.0 Å². The Morgan fingerprint density at radius 2 is 2.08 bits per heavy atom. The van der Waals surface area contributed by atoms with E-state index in [0.29, 0.717) is 5.75 Å². The topological polar surface area (TPSA) is 98.8 Å². The Morgan fingerprint density at radius 1 is 1.38 bits per heavy atom. The molecule has 24 heavy (non-hydrogen) atoms. The highest BCUT2D eigenvalue weighted by Crippen LogP contribution is 2.40. The number of hydrogen-bond acceptors (Lipinski definition) is 6. The SMILES string of the molecule is O=C(COc1ccccc1)N[C@H]1C(=O)N2C(C(=O)[O-])=C(Cl)CS[C@H]12. The number of carboxylic acid groups (broad SMARTS) is 1. The van der Waals surface area contributed by atoms with Gasteiger partial charge in [0.25, 0.3) is 11.8 Å². The molecule has 1 aromatic carbocycles. The number of β-lactam (4-membered cyclic amide) rings is 1. The highest BCUT2D eigenvalue weighted by atomic mass is 35.5. The number of nitrogens with zero attached hydrogens (tertiary/aromatic N) is 1. The van der Waals surface area contributed by atoms with Crippen LogP contribution in [0.1, 0.15) is 0 Å². The molecule has 0 bridgehead atoms. The molecular weight excluding hydrogens is 356 g/mol. The van der Waals surface area contributed by atoms with Crippen LogP contribution >= 0.6 is 23.4 Å². The number of thioether (sulfide) groups is 1. The standard InChI is InChI=1S/C15H13ClN2O5S/c16-9-7-24-14-11(13(20)18(14)12(9)15(21)22)17-10(19)6-23-8-4-2-1-3-5-8/h1-5,11,14H,6-7H2,(H,17,19)(H,21,22)/p-1/t11-,14+/m0/s1. The Hall–Kier alpha value is -2.19. The van der Waals surface area contributed by atoms with E-state index in [9.17, 15) is 19.5 Å². The third-order valence-corrected chi connectivity index (χ3v) is 5.30. The van der Waals surface area contributed by atoms with Crippen LogP contribution in [0, 0.1) is 0 Å². The highest BCUT2D eigenvalue weighted by molar-refractivity contribution is 8.00. The maximum atomic E-state index is 12.1. The van der Waals surface area contributed by atoms with Crippen molar-refractivity contribution in [3.63, 3.8) is 0 Å². The molecule has 2 amide bonds. The number of carbonyl (C=O) groups excluding carboxylic acids is 3. The summed E-state index contributed by atoms with van der Waals surface area (Å²) < 4.78 is 5.31. The van der Waals surface area contributed by atoms with Crippen molar-refractivity contribution >= 4 is 41.1 Å². The number of hydrogen-bond donors (Lipinski definition) is 1. The van der Waals surface area contributed by atoms with Crippen LogP contribution in [0.2, 0.25) is 0 Å². The molecule has 126 valence electrons. The van der Waals surface area contributed by atoms with E-state index < -0.39 is 29.2 Å². The molecule has 9 heteroatoms. The second-order valence-electron chi connectivity index (χ2n) is 5.10. The van der Waals surface area contributed by atoms with Crippen LogP contribution in [0.4, 0.5) is 0 Å². The average Bonchev–Trinajstić information content (AvgIpc) is 2.58. The van der Waals surface area contributed by atoms with E-state index in [1.807, 2.05) is 6.07 Å². The van der Waals surface area contributed by atoms with Crippen molar-refractivity contribution in [1.29, 1.82) is 0 Å². The third-order valence-electron chi connectivity index (χ3n) is 3.54. The van der Waals surface area contributed by atoms with Gasteiger partial charge in [0.1, 0.15) is 17.2 Å². The van der Waals surface area contributed by atoms with Crippen LogP contribution in [0.3, 0.4) is 0 Å². The van der Waals surface area contributed by atoms with Gasteiger partial charge in [-0.05, 0) is 12.1 Å². The normalized spacial score (nSPS) is 22.5. The summed E-state index contributed by atoms with van der Waals surface area (Å²) in [4.78, 5) is 36.3. The summed E-state index contributed by atoms with van der Waals surface area (Å²) in [5, 5.41) is 13.2. The number of carboxylic acids is 1. The second kappa shape index (κ2) is 6.74. The smallest absolute Gasteiger partial charge is 0.258 e. The molecule has 3 rings (SSSR count).